The van der Waals surface area contributed by atoms with Gasteiger partial charge in [0.25, 0.3) is 0 Å². The number of fused-ring (bicyclic) bond motifs is 5. The molecular formula is C20H19N. The van der Waals surface area contributed by atoms with Gasteiger partial charge in [-0.15, -0.1) is 0 Å². The smallest absolute Gasteiger partial charge is 0.0538 e. The first-order valence-corrected chi connectivity index (χ1v) is 7.48. The molecule has 2 aromatic rings. The van der Waals surface area contributed by atoms with Gasteiger partial charge in [-0.25, -0.2) is 0 Å². The Morgan fingerprint density at radius 1 is 1.00 bits per heavy atom. The molecule has 0 unspecified atom stereocenters. The molecule has 2 aromatic carbocycles. The van der Waals surface area contributed by atoms with E-state index >= 15 is 0 Å². The third kappa shape index (κ3) is 1.58. The summed E-state index contributed by atoms with van der Waals surface area (Å²) in [5.41, 5.74) is 9.20. The molecule has 0 fully saturated rings. The van der Waals surface area contributed by atoms with E-state index in [1.165, 1.54) is 39.1 Å². The minimum absolute atomic E-state index is 0.0555. The van der Waals surface area contributed by atoms with Gasteiger partial charge in [0.2, 0.25) is 0 Å². The molecule has 0 saturated carbocycles. The van der Waals surface area contributed by atoms with Crippen LogP contribution in [0.4, 0.5) is 5.69 Å². The Morgan fingerprint density at radius 2 is 1.81 bits per heavy atom. The fraction of sp³-hybridized carbons (Fsp3) is 0.200. The normalized spacial score (nSPS) is 17.5. The zero-order chi connectivity index (χ0) is 14.6. The Hall–Kier alpha value is -2.28. The van der Waals surface area contributed by atoms with Crippen molar-refractivity contribution in [2.24, 2.45) is 0 Å². The van der Waals surface area contributed by atoms with Gasteiger partial charge < -0.3 is 5.32 Å². The largest absolute Gasteiger partial charge is 0.361 e. The van der Waals surface area contributed by atoms with Crippen LogP contribution in [0.2, 0.25) is 0 Å². The number of anilines is 1. The van der Waals surface area contributed by atoms with Crippen molar-refractivity contribution in [3.8, 4) is 11.1 Å². The van der Waals surface area contributed by atoms with Crippen molar-refractivity contribution in [1.29, 1.82) is 0 Å². The van der Waals surface area contributed by atoms with Crippen LogP contribution in [-0.4, -0.2) is 0 Å². The summed E-state index contributed by atoms with van der Waals surface area (Å²) >= 11 is 0. The number of nitrogens with one attached hydrogen (secondary N) is 1. The van der Waals surface area contributed by atoms with Crippen LogP contribution in [0.15, 0.2) is 55.3 Å². The average Bonchev–Trinajstić information content (AvgIpc) is 2.61. The SMILES string of the molecule is C=C1CC=CNc2c1ccc1c2-c2ccccc2C1(C)C. The third-order valence-corrected chi connectivity index (χ3v) is 4.84. The second kappa shape index (κ2) is 4.11. The molecule has 4 rings (SSSR count). The summed E-state index contributed by atoms with van der Waals surface area (Å²) in [6.07, 6.45) is 5.09. The lowest BCUT2D eigenvalue weighted by molar-refractivity contribution is 0.660. The van der Waals surface area contributed by atoms with E-state index in [-0.39, 0.29) is 5.41 Å². The van der Waals surface area contributed by atoms with Crippen molar-refractivity contribution < 1.29 is 0 Å². The summed E-state index contributed by atoms with van der Waals surface area (Å²) in [5.74, 6) is 0. The molecule has 21 heavy (non-hydrogen) atoms. The van der Waals surface area contributed by atoms with Crippen LogP contribution in [0.5, 0.6) is 0 Å². The maximum Gasteiger partial charge on any atom is 0.0538 e. The van der Waals surface area contributed by atoms with Crippen LogP contribution in [0.1, 0.15) is 37.0 Å². The molecule has 1 N–H and O–H groups in total. The second-order valence-corrected chi connectivity index (χ2v) is 6.44. The van der Waals surface area contributed by atoms with E-state index in [9.17, 15) is 0 Å². The topological polar surface area (TPSA) is 12.0 Å². The number of allylic oxidation sites excluding steroid dienone is 2. The van der Waals surface area contributed by atoms with Gasteiger partial charge in [0.1, 0.15) is 0 Å². The van der Waals surface area contributed by atoms with E-state index in [4.69, 9.17) is 0 Å². The van der Waals surface area contributed by atoms with E-state index in [0.29, 0.717) is 0 Å². The summed E-state index contributed by atoms with van der Waals surface area (Å²) in [6.45, 7) is 8.86. The van der Waals surface area contributed by atoms with Crippen molar-refractivity contribution in [3.63, 3.8) is 0 Å². The zero-order valence-corrected chi connectivity index (χ0v) is 12.5. The number of benzene rings is 2. The molecule has 0 radical (unpaired) electrons. The highest BCUT2D eigenvalue weighted by atomic mass is 14.9. The predicted octanol–water partition coefficient (Wildman–Crippen LogP) is 5.34. The lowest BCUT2D eigenvalue weighted by Gasteiger charge is -2.22. The van der Waals surface area contributed by atoms with Crippen LogP contribution in [-0.2, 0) is 5.41 Å². The first-order chi connectivity index (χ1) is 10.1. The molecule has 104 valence electrons. The lowest BCUT2D eigenvalue weighted by atomic mass is 9.82. The molecule has 2 aliphatic rings. The molecule has 1 nitrogen and oxygen atoms in total. The summed E-state index contributed by atoms with van der Waals surface area (Å²) in [5, 5.41) is 3.49. The van der Waals surface area contributed by atoms with Gasteiger partial charge in [-0.1, -0.05) is 62.9 Å². The van der Waals surface area contributed by atoms with Crippen LogP contribution in [0, 0.1) is 0 Å². The zero-order valence-electron chi connectivity index (χ0n) is 12.5. The highest BCUT2D eigenvalue weighted by molar-refractivity contribution is 5.96. The standard InChI is InChI=1S/C20H19N/c1-13-7-6-12-21-19-14(13)10-11-17-18(19)15-8-4-5-9-16(15)20(17,2)3/h4-6,8-12,21H,1,7H2,2-3H3. The molecule has 1 heteroatoms. The summed E-state index contributed by atoms with van der Waals surface area (Å²) in [4.78, 5) is 0. The molecule has 0 atom stereocenters. The third-order valence-electron chi connectivity index (χ3n) is 4.84. The summed E-state index contributed by atoms with van der Waals surface area (Å²) in [7, 11) is 0. The van der Waals surface area contributed by atoms with Crippen LogP contribution >= 0.6 is 0 Å². The molecule has 0 bridgehead atoms. The second-order valence-electron chi connectivity index (χ2n) is 6.44. The summed E-state index contributed by atoms with van der Waals surface area (Å²) < 4.78 is 0. The highest BCUT2D eigenvalue weighted by Gasteiger charge is 2.37. The van der Waals surface area contributed by atoms with Crippen molar-refractivity contribution >= 4 is 11.3 Å². The Morgan fingerprint density at radius 3 is 2.67 bits per heavy atom. The van der Waals surface area contributed by atoms with Crippen molar-refractivity contribution in [3.05, 3.63) is 71.9 Å². The Labute approximate surface area is 126 Å². The van der Waals surface area contributed by atoms with Gasteiger partial charge in [0.05, 0.1) is 5.69 Å². The van der Waals surface area contributed by atoms with Crippen molar-refractivity contribution in [2.45, 2.75) is 25.7 Å². The number of hydrogen-bond acceptors (Lipinski definition) is 1. The van der Waals surface area contributed by atoms with Gasteiger partial charge in [-0.3, -0.25) is 0 Å². The highest BCUT2D eigenvalue weighted by Crippen LogP contribution is 2.53. The summed E-state index contributed by atoms with van der Waals surface area (Å²) in [6, 6.07) is 13.3. The molecule has 0 amide bonds. The Balaban J connectivity index is 2.10. The molecule has 0 saturated heterocycles. The fourth-order valence-electron chi connectivity index (χ4n) is 3.69. The van der Waals surface area contributed by atoms with Gasteiger partial charge in [-0.05, 0) is 34.9 Å². The van der Waals surface area contributed by atoms with E-state index in [1.54, 1.807) is 0 Å². The van der Waals surface area contributed by atoms with Crippen LogP contribution < -0.4 is 5.32 Å². The van der Waals surface area contributed by atoms with E-state index in [1.807, 2.05) is 6.20 Å². The molecular weight excluding hydrogens is 254 g/mol. The molecule has 1 heterocycles. The monoisotopic (exact) mass is 273 g/mol. The Kier molecular flexibility index (Phi) is 2.44. The quantitative estimate of drug-likeness (QED) is 0.683. The molecule has 1 aliphatic carbocycles. The fourth-order valence-corrected chi connectivity index (χ4v) is 3.69. The molecule has 1 aliphatic heterocycles. The maximum absolute atomic E-state index is 4.24. The van der Waals surface area contributed by atoms with Gasteiger partial charge in [-0.2, -0.15) is 0 Å². The number of hydrogen-bond donors (Lipinski definition) is 1. The van der Waals surface area contributed by atoms with Gasteiger partial charge in [0.15, 0.2) is 0 Å². The minimum Gasteiger partial charge on any atom is -0.361 e. The predicted molar refractivity (Wildman–Crippen MR) is 90.4 cm³/mol. The molecule has 0 aromatic heterocycles. The first-order valence-electron chi connectivity index (χ1n) is 7.48. The molecule has 0 spiro atoms. The lowest BCUT2D eigenvalue weighted by Crippen LogP contribution is -2.15. The van der Waals surface area contributed by atoms with E-state index in [0.717, 1.165) is 6.42 Å². The first kappa shape index (κ1) is 12.5. The average molecular weight is 273 g/mol. The van der Waals surface area contributed by atoms with Crippen LogP contribution in [0.3, 0.4) is 0 Å². The minimum atomic E-state index is 0.0555. The maximum atomic E-state index is 4.24. The van der Waals surface area contributed by atoms with E-state index in [2.05, 4.69) is 68.2 Å². The van der Waals surface area contributed by atoms with Crippen LogP contribution in [0.25, 0.3) is 16.7 Å². The van der Waals surface area contributed by atoms with Crippen molar-refractivity contribution in [2.75, 3.05) is 5.32 Å². The van der Waals surface area contributed by atoms with Crippen molar-refractivity contribution in [1.82, 2.24) is 0 Å². The van der Waals surface area contributed by atoms with E-state index < -0.39 is 0 Å². The Bertz CT molecular complexity index is 793. The number of rotatable bonds is 0. The van der Waals surface area contributed by atoms with Gasteiger partial charge >= 0.3 is 0 Å². The van der Waals surface area contributed by atoms with Gasteiger partial charge in [0, 0.05) is 16.5 Å².